The fourth-order valence-electron chi connectivity index (χ4n) is 1.01. The lowest BCUT2D eigenvalue weighted by Crippen LogP contribution is -2.05. The molecule has 0 saturated heterocycles. The summed E-state index contributed by atoms with van der Waals surface area (Å²) in [4.78, 5) is -0.343. The number of nitrogen functional groups attached to an aromatic ring is 2. The van der Waals surface area contributed by atoms with Crippen LogP contribution in [0.15, 0.2) is 17.0 Å². The molecule has 0 bridgehead atoms. The van der Waals surface area contributed by atoms with E-state index < -0.39 is 10.1 Å². The smallest absolute Gasteiger partial charge is 0.296 e. The Balaban J connectivity index is 3.56. The van der Waals surface area contributed by atoms with Gasteiger partial charge in [-0.1, -0.05) is 0 Å². The zero-order valence-corrected chi connectivity index (χ0v) is 7.80. The minimum absolute atomic E-state index is 0.0247. The topological polar surface area (TPSA) is 106 Å². The Bertz CT molecular complexity index is 439. The van der Waals surface area contributed by atoms with Crippen molar-refractivity contribution in [1.29, 1.82) is 0 Å². The van der Waals surface area contributed by atoms with Crippen molar-refractivity contribution >= 4 is 21.5 Å². The largest absolute Gasteiger partial charge is 0.399 e. The molecule has 1 rings (SSSR count). The minimum Gasteiger partial charge on any atom is -0.399 e. The van der Waals surface area contributed by atoms with E-state index in [9.17, 15) is 8.42 Å². The van der Waals surface area contributed by atoms with Crippen LogP contribution in [-0.2, 0) is 10.1 Å². The van der Waals surface area contributed by atoms with Crippen molar-refractivity contribution in [3.63, 3.8) is 0 Å². The maximum atomic E-state index is 10.8. The van der Waals surface area contributed by atoms with Crippen LogP contribution in [0.4, 0.5) is 11.4 Å². The zero-order chi connectivity index (χ0) is 10.2. The van der Waals surface area contributed by atoms with Crippen molar-refractivity contribution in [3.05, 3.63) is 17.7 Å². The van der Waals surface area contributed by atoms with E-state index in [4.69, 9.17) is 16.0 Å². The van der Waals surface area contributed by atoms with E-state index in [-0.39, 0.29) is 16.3 Å². The number of nitrogens with two attached hydrogens (primary N) is 2. The molecule has 0 spiro atoms. The molecule has 13 heavy (non-hydrogen) atoms. The quantitative estimate of drug-likeness (QED) is 0.451. The van der Waals surface area contributed by atoms with Gasteiger partial charge in [0.15, 0.2) is 0 Å². The van der Waals surface area contributed by atoms with E-state index in [1.54, 1.807) is 6.92 Å². The van der Waals surface area contributed by atoms with Gasteiger partial charge in [0, 0.05) is 5.69 Å². The Morgan fingerprint density at radius 3 is 2.31 bits per heavy atom. The molecule has 0 heterocycles. The first-order valence-electron chi connectivity index (χ1n) is 3.45. The monoisotopic (exact) mass is 202 g/mol. The van der Waals surface area contributed by atoms with Crippen molar-refractivity contribution in [2.45, 2.75) is 11.8 Å². The van der Waals surface area contributed by atoms with Gasteiger partial charge in [-0.25, -0.2) is 0 Å². The highest BCUT2D eigenvalue weighted by Gasteiger charge is 2.15. The average molecular weight is 202 g/mol. The van der Waals surface area contributed by atoms with Crippen LogP contribution in [0.5, 0.6) is 0 Å². The van der Waals surface area contributed by atoms with Crippen molar-refractivity contribution < 1.29 is 13.0 Å². The van der Waals surface area contributed by atoms with Gasteiger partial charge in [0.25, 0.3) is 10.1 Å². The van der Waals surface area contributed by atoms with Crippen LogP contribution in [0.1, 0.15) is 5.56 Å². The van der Waals surface area contributed by atoms with E-state index >= 15 is 0 Å². The molecular weight excluding hydrogens is 192 g/mol. The number of anilines is 2. The van der Waals surface area contributed by atoms with Gasteiger partial charge in [-0.15, -0.1) is 0 Å². The van der Waals surface area contributed by atoms with E-state index in [2.05, 4.69) is 0 Å². The third-order valence-electron chi connectivity index (χ3n) is 1.65. The second-order valence-corrected chi connectivity index (χ2v) is 4.11. The second kappa shape index (κ2) is 2.90. The van der Waals surface area contributed by atoms with Gasteiger partial charge >= 0.3 is 0 Å². The first kappa shape index (κ1) is 9.82. The third kappa shape index (κ3) is 1.90. The van der Waals surface area contributed by atoms with E-state index in [0.717, 1.165) is 6.07 Å². The molecule has 0 aliphatic heterocycles. The predicted molar refractivity (Wildman–Crippen MR) is 49.8 cm³/mol. The van der Waals surface area contributed by atoms with Crippen molar-refractivity contribution in [1.82, 2.24) is 0 Å². The zero-order valence-electron chi connectivity index (χ0n) is 6.98. The molecular formula is C7H10N2O3S. The minimum atomic E-state index is -4.28. The van der Waals surface area contributed by atoms with Crippen LogP contribution < -0.4 is 11.5 Å². The molecule has 0 unspecified atom stereocenters. The summed E-state index contributed by atoms with van der Waals surface area (Å²) in [6.45, 7) is 1.61. The molecule has 5 N–H and O–H groups in total. The molecule has 6 heteroatoms. The summed E-state index contributed by atoms with van der Waals surface area (Å²) < 4.78 is 30.3. The van der Waals surface area contributed by atoms with Crippen molar-refractivity contribution in [3.8, 4) is 0 Å². The maximum Gasteiger partial charge on any atom is 0.296 e. The lowest BCUT2D eigenvalue weighted by atomic mass is 10.2. The molecule has 1 aromatic rings. The predicted octanol–water partition coefficient (Wildman–Crippen LogP) is 0.406. The molecule has 1 aromatic carbocycles. The van der Waals surface area contributed by atoms with Gasteiger partial charge in [0.05, 0.1) is 5.69 Å². The lowest BCUT2D eigenvalue weighted by Gasteiger charge is -2.06. The van der Waals surface area contributed by atoms with Gasteiger partial charge in [0.2, 0.25) is 0 Å². The highest BCUT2D eigenvalue weighted by atomic mass is 32.2. The Morgan fingerprint density at radius 1 is 1.31 bits per heavy atom. The summed E-state index contributed by atoms with van der Waals surface area (Å²) in [5, 5.41) is 0. The van der Waals surface area contributed by atoms with E-state index in [1.165, 1.54) is 6.07 Å². The number of hydrogen-bond donors (Lipinski definition) is 3. The van der Waals surface area contributed by atoms with Crippen molar-refractivity contribution in [2.24, 2.45) is 0 Å². The second-order valence-electron chi connectivity index (χ2n) is 2.72. The molecule has 0 radical (unpaired) electrons. The lowest BCUT2D eigenvalue weighted by molar-refractivity contribution is 0.483. The van der Waals surface area contributed by atoms with Crippen LogP contribution in [0.3, 0.4) is 0 Å². The molecule has 0 aliphatic carbocycles. The Morgan fingerprint density at radius 2 is 1.85 bits per heavy atom. The highest BCUT2D eigenvalue weighted by Crippen LogP contribution is 2.24. The summed E-state index contributed by atoms with van der Waals surface area (Å²) in [5.74, 6) is 0. The Labute approximate surface area is 76.1 Å². The summed E-state index contributed by atoms with van der Waals surface area (Å²) in [6, 6.07) is 2.65. The molecule has 0 saturated carbocycles. The maximum absolute atomic E-state index is 10.8. The number of benzene rings is 1. The van der Waals surface area contributed by atoms with E-state index in [0.29, 0.717) is 5.56 Å². The average Bonchev–Trinajstić information content (AvgIpc) is 1.94. The molecule has 5 nitrogen and oxygen atoms in total. The van der Waals surface area contributed by atoms with Gasteiger partial charge in [-0.05, 0) is 24.6 Å². The first-order chi connectivity index (χ1) is 5.82. The SMILES string of the molecule is Cc1cc(N)cc(S(=O)(=O)O)c1N. The number of rotatable bonds is 1. The summed E-state index contributed by atoms with van der Waals surface area (Å²) in [7, 11) is -4.28. The summed E-state index contributed by atoms with van der Waals surface area (Å²) >= 11 is 0. The molecule has 72 valence electrons. The normalized spacial score (nSPS) is 11.5. The van der Waals surface area contributed by atoms with Crippen LogP contribution >= 0.6 is 0 Å². The van der Waals surface area contributed by atoms with E-state index in [1.807, 2.05) is 0 Å². The van der Waals surface area contributed by atoms with Gasteiger partial charge in [-0.3, -0.25) is 4.55 Å². The first-order valence-corrected chi connectivity index (χ1v) is 4.89. The van der Waals surface area contributed by atoms with Crippen LogP contribution in [0.25, 0.3) is 0 Å². The van der Waals surface area contributed by atoms with Crippen LogP contribution in [0, 0.1) is 6.92 Å². The fourth-order valence-corrected chi connectivity index (χ4v) is 1.73. The third-order valence-corrected chi connectivity index (χ3v) is 2.54. The van der Waals surface area contributed by atoms with Crippen LogP contribution in [-0.4, -0.2) is 13.0 Å². The molecule has 0 atom stereocenters. The summed E-state index contributed by atoms with van der Waals surface area (Å²) in [6.07, 6.45) is 0. The molecule has 0 amide bonds. The fraction of sp³-hybridized carbons (Fsp3) is 0.143. The Hall–Kier alpha value is -1.27. The number of aryl methyl sites for hydroxylation is 1. The van der Waals surface area contributed by atoms with Gasteiger partial charge < -0.3 is 11.5 Å². The van der Waals surface area contributed by atoms with Gasteiger partial charge in [0.1, 0.15) is 4.90 Å². The number of hydrogen-bond acceptors (Lipinski definition) is 4. The van der Waals surface area contributed by atoms with Crippen LogP contribution in [0.2, 0.25) is 0 Å². The Kier molecular flexibility index (Phi) is 2.19. The standard InChI is InChI=1S/C7H10N2O3S/c1-4-2-5(8)3-6(7(4)9)13(10,11)12/h2-3H,8-9H2,1H3,(H,10,11,12). The molecule has 0 aromatic heterocycles. The molecule has 0 aliphatic rings. The molecule has 0 fully saturated rings. The highest BCUT2D eigenvalue weighted by molar-refractivity contribution is 7.86. The van der Waals surface area contributed by atoms with Gasteiger partial charge in [-0.2, -0.15) is 8.42 Å². The van der Waals surface area contributed by atoms with Crippen molar-refractivity contribution in [2.75, 3.05) is 11.5 Å². The summed E-state index contributed by atoms with van der Waals surface area (Å²) in [5.41, 5.74) is 11.6.